The summed E-state index contributed by atoms with van der Waals surface area (Å²) in [5.74, 6) is 0.795. The summed E-state index contributed by atoms with van der Waals surface area (Å²) in [5.41, 5.74) is 0.981. The number of ether oxygens (including phenoxy) is 1. The molecule has 18 heavy (non-hydrogen) atoms. The largest absolute Gasteiger partial charge is 0.496 e. The molecule has 1 aromatic rings. The Morgan fingerprint density at radius 2 is 2.06 bits per heavy atom. The standard InChI is InChI=1S/C14H20ClNO2/c1-18-14-6-5-11(15)9-12(14)13(10-17)16-7-3-2-4-8-16/h5-6,9,13,17H,2-4,7-8,10H2,1H3. The average molecular weight is 270 g/mol. The van der Waals surface area contributed by atoms with Crippen molar-refractivity contribution < 1.29 is 9.84 Å². The number of nitrogens with zero attached hydrogens (tertiary/aromatic N) is 1. The lowest BCUT2D eigenvalue weighted by Gasteiger charge is -2.34. The van der Waals surface area contributed by atoms with Gasteiger partial charge in [-0.25, -0.2) is 0 Å². The van der Waals surface area contributed by atoms with E-state index in [1.165, 1.54) is 19.3 Å². The van der Waals surface area contributed by atoms with E-state index in [4.69, 9.17) is 16.3 Å². The molecule has 1 atom stereocenters. The van der Waals surface area contributed by atoms with Crippen molar-refractivity contribution in [3.8, 4) is 5.75 Å². The Bertz CT molecular complexity index is 391. The van der Waals surface area contributed by atoms with E-state index in [0.29, 0.717) is 5.02 Å². The molecule has 0 aromatic heterocycles. The van der Waals surface area contributed by atoms with E-state index in [1.807, 2.05) is 18.2 Å². The minimum Gasteiger partial charge on any atom is -0.496 e. The number of aliphatic hydroxyl groups is 1. The van der Waals surface area contributed by atoms with Gasteiger partial charge in [0.1, 0.15) is 5.75 Å². The summed E-state index contributed by atoms with van der Waals surface area (Å²) in [6, 6.07) is 5.56. The van der Waals surface area contributed by atoms with E-state index in [-0.39, 0.29) is 12.6 Å². The summed E-state index contributed by atoms with van der Waals surface area (Å²) in [6.45, 7) is 2.15. The second-order valence-corrected chi connectivity index (χ2v) is 5.12. The van der Waals surface area contributed by atoms with Gasteiger partial charge < -0.3 is 9.84 Å². The van der Waals surface area contributed by atoms with Gasteiger partial charge >= 0.3 is 0 Å². The van der Waals surface area contributed by atoms with Crippen molar-refractivity contribution in [2.75, 3.05) is 26.8 Å². The first-order chi connectivity index (χ1) is 8.76. The number of rotatable bonds is 4. The molecule has 1 aliphatic rings. The lowest BCUT2D eigenvalue weighted by Crippen LogP contribution is -2.35. The molecule has 0 spiro atoms. The molecule has 0 amide bonds. The van der Waals surface area contributed by atoms with Gasteiger partial charge in [-0.15, -0.1) is 0 Å². The van der Waals surface area contributed by atoms with Gasteiger partial charge in [-0.2, -0.15) is 0 Å². The SMILES string of the molecule is COc1ccc(Cl)cc1C(CO)N1CCCCC1. The Kier molecular flexibility index (Phi) is 4.87. The van der Waals surface area contributed by atoms with Crippen LogP contribution in [0.25, 0.3) is 0 Å². The summed E-state index contributed by atoms with van der Waals surface area (Å²) in [5, 5.41) is 10.4. The molecule has 0 bridgehead atoms. The van der Waals surface area contributed by atoms with Crippen LogP contribution in [0.4, 0.5) is 0 Å². The molecule has 1 fully saturated rings. The van der Waals surface area contributed by atoms with Crippen LogP contribution < -0.4 is 4.74 Å². The van der Waals surface area contributed by atoms with Gasteiger partial charge in [0, 0.05) is 10.6 Å². The van der Waals surface area contributed by atoms with Crippen molar-refractivity contribution in [3.63, 3.8) is 0 Å². The molecule has 0 saturated carbocycles. The van der Waals surface area contributed by atoms with Gasteiger partial charge in [-0.05, 0) is 44.1 Å². The lowest BCUT2D eigenvalue weighted by molar-refractivity contribution is 0.102. The van der Waals surface area contributed by atoms with Gasteiger partial charge in [0.25, 0.3) is 0 Å². The van der Waals surface area contributed by atoms with E-state index in [1.54, 1.807) is 7.11 Å². The molecule has 100 valence electrons. The third-order valence-corrected chi connectivity index (χ3v) is 3.79. The predicted octanol–water partition coefficient (Wildman–Crippen LogP) is 2.87. The summed E-state index contributed by atoms with van der Waals surface area (Å²) in [4.78, 5) is 2.32. The molecular weight excluding hydrogens is 250 g/mol. The first kappa shape index (κ1) is 13.7. The fourth-order valence-electron chi connectivity index (χ4n) is 2.61. The maximum atomic E-state index is 9.70. The Balaban J connectivity index is 2.27. The van der Waals surface area contributed by atoms with Crippen molar-refractivity contribution in [1.29, 1.82) is 0 Å². The molecule has 4 heteroatoms. The molecule has 0 radical (unpaired) electrons. The van der Waals surface area contributed by atoms with E-state index in [0.717, 1.165) is 24.4 Å². The fraction of sp³-hybridized carbons (Fsp3) is 0.571. The van der Waals surface area contributed by atoms with Crippen molar-refractivity contribution in [2.24, 2.45) is 0 Å². The Labute approximate surface area is 113 Å². The second kappa shape index (κ2) is 6.41. The number of benzene rings is 1. The highest BCUT2D eigenvalue weighted by molar-refractivity contribution is 6.30. The van der Waals surface area contributed by atoms with Gasteiger partial charge in [0.15, 0.2) is 0 Å². The molecular formula is C14H20ClNO2. The minimum atomic E-state index is -0.0149. The van der Waals surface area contributed by atoms with Crippen LogP contribution in [0.15, 0.2) is 18.2 Å². The Hall–Kier alpha value is -0.770. The fourth-order valence-corrected chi connectivity index (χ4v) is 2.79. The van der Waals surface area contributed by atoms with Crippen LogP contribution in [-0.4, -0.2) is 36.8 Å². The van der Waals surface area contributed by atoms with Gasteiger partial charge in [0.05, 0.1) is 19.8 Å². The van der Waals surface area contributed by atoms with E-state index in [2.05, 4.69) is 4.90 Å². The van der Waals surface area contributed by atoms with E-state index >= 15 is 0 Å². The minimum absolute atomic E-state index is 0.0149. The third kappa shape index (κ3) is 2.97. The van der Waals surface area contributed by atoms with Gasteiger partial charge in [-0.3, -0.25) is 4.90 Å². The molecule has 3 nitrogen and oxygen atoms in total. The van der Waals surface area contributed by atoms with Crippen molar-refractivity contribution in [2.45, 2.75) is 25.3 Å². The highest BCUT2D eigenvalue weighted by Gasteiger charge is 2.24. The number of aliphatic hydroxyl groups excluding tert-OH is 1. The molecule has 1 unspecified atom stereocenters. The van der Waals surface area contributed by atoms with Gasteiger partial charge in [0.2, 0.25) is 0 Å². The molecule has 1 saturated heterocycles. The van der Waals surface area contributed by atoms with Crippen LogP contribution in [0.1, 0.15) is 30.9 Å². The van der Waals surface area contributed by atoms with Crippen LogP contribution in [-0.2, 0) is 0 Å². The van der Waals surface area contributed by atoms with Crippen LogP contribution in [0.3, 0.4) is 0 Å². The summed E-state index contributed by atoms with van der Waals surface area (Å²) < 4.78 is 5.38. The monoisotopic (exact) mass is 269 g/mol. The highest BCUT2D eigenvalue weighted by atomic mass is 35.5. The second-order valence-electron chi connectivity index (χ2n) is 4.68. The van der Waals surface area contributed by atoms with Gasteiger partial charge in [-0.1, -0.05) is 18.0 Å². The molecule has 1 aromatic carbocycles. The number of likely N-dealkylation sites (tertiary alicyclic amines) is 1. The molecule has 0 aliphatic carbocycles. The molecule has 1 aliphatic heterocycles. The zero-order valence-electron chi connectivity index (χ0n) is 10.7. The maximum Gasteiger partial charge on any atom is 0.123 e. The third-order valence-electron chi connectivity index (χ3n) is 3.56. The van der Waals surface area contributed by atoms with Crippen molar-refractivity contribution in [1.82, 2.24) is 4.90 Å². The zero-order valence-corrected chi connectivity index (χ0v) is 11.5. The smallest absolute Gasteiger partial charge is 0.123 e. The average Bonchev–Trinajstić information content (AvgIpc) is 2.41. The van der Waals surface area contributed by atoms with Crippen LogP contribution in [0, 0.1) is 0 Å². The van der Waals surface area contributed by atoms with Crippen molar-refractivity contribution >= 4 is 11.6 Å². The topological polar surface area (TPSA) is 32.7 Å². The predicted molar refractivity (Wildman–Crippen MR) is 73.3 cm³/mol. The summed E-state index contributed by atoms with van der Waals surface area (Å²) >= 11 is 6.06. The molecule has 1 heterocycles. The maximum absolute atomic E-state index is 9.70. The van der Waals surface area contributed by atoms with E-state index < -0.39 is 0 Å². The van der Waals surface area contributed by atoms with Crippen LogP contribution in [0.5, 0.6) is 5.75 Å². The Morgan fingerprint density at radius 3 is 2.67 bits per heavy atom. The van der Waals surface area contributed by atoms with E-state index in [9.17, 15) is 5.11 Å². The van der Waals surface area contributed by atoms with Crippen molar-refractivity contribution in [3.05, 3.63) is 28.8 Å². The molecule has 1 N–H and O–H groups in total. The lowest BCUT2D eigenvalue weighted by atomic mass is 10.0. The number of methoxy groups -OCH3 is 1. The van der Waals surface area contributed by atoms with Crippen LogP contribution in [0.2, 0.25) is 5.02 Å². The first-order valence-corrected chi connectivity index (χ1v) is 6.82. The number of hydrogen-bond donors (Lipinski definition) is 1. The number of halogens is 1. The quantitative estimate of drug-likeness (QED) is 0.912. The number of piperidine rings is 1. The Morgan fingerprint density at radius 1 is 1.33 bits per heavy atom. The summed E-state index contributed by atoms with van der Waals surface area (Å²) in [7, 11) is 1.65. The molecule has 2 rings (SSSR count). The first-order valence-electron chi connectivity index (χ1n) is 6.44. The summed E-state index contributed by atoms with van der Waals surface area (Å²) in [6.07, 6.45) is 3.67. The zero-order chi connectivity index (χ0) is 13.0. The highest BCUT2D eigenvalue weighted by Crippen LogP contribution is 2.33. The number of hydrogen-bond acceptors (Lipinski definition) is 3. The normalized spacial score (nSPS) is 18.6. The van der Waals surface area contributed by atoms with Crippen LogP contribution >= 0.6 is 11.6 Å².